The number of esters is 1. The van der Waals surface area contributed by atoms with Gasteiger partial charge in [0.1, 0.15) is 6.10 Å². The van der Waals surface area contributed by atoms with Crippen LogP contribution >= 0.6 is 0 Å². The highest BCUT2D eigenvalue weighted by atomic mass is 16.5. The Hall–Kier alpha value is -1.12. The highest BCUT2D eigenvalue weighted by Gasteiger charge is 2.45. The van der Waals surface area contributed by atoms with E-state index >= 15 is 0 Å². The summed E-state index contributed by atoms with van der Waals surface area (Å²) in [6, 6.07) is 0. The molecule has 0 heterocycles. The first-order chi connectivity index (χ1) is 8.73. The van der Waals surface area contributed by atoms with Crippen molar-refractivity contribution in [2.24, 2.45) is 10.8 Å². The lowest BCUT2D eigenvalue weighted by molar-refractivity contribution is -0.166. The average molecular weight is 264 g/mol. The first-order valence-corrected chi connectivity index (χ1v) is 7.18. The fourth-order valence-corrected chi connectivity index (χ4v) is 2.99. The van der Waals surface area contributed by atoms with Crippen molar-refractivity contribution in [3.05, 3.63) is 11.6 Å². The quantitative estimate of drug-likeness (QED) is 0.681. The Morgan fingerprint density at radius 2 is 2.05 bits per heavy atom. The third-order valence-electron chi connectivity index (χ3n) is 4.44. The van der Waals surface area contributed by atoms with Crippen LogP contribution in [0.2, 0.25) is 0 Å². The number of carbonyl (C=O) groups is 2. The summed E-state index contributed by atoms with van der Waals surface area (Å²) in [7, 11) is 0. The molecular formula is C16H24O3. The Kier molecular flexibility index (Phi) is 3.59. The van der Waals surface area contributed by atoms with Gasteiger partial charge in [0.05, 0.1) is 5.41 Å². The molecule has 2 aliphatic carbocycles. The molecule has 0 unspecified atom stereocenters. The molecule has 1 fully saturated rings. The van der Waals surface area contributed by atoms with Gasteiger partial charge in [0.15, 0.2) is 5.78 Å². The fourth-order valence-electron chi connectivity index (χ4n) is 2.99. The normalized spacial score (nSPS) is 31.5. The van der Waals surface area contributed by atoms with Gasteiger partial charge < -0.3 is 4.74 Å². The Balaban J connectivity index is 2.20. The molecule has 0 N–H and O–H groups in total. The van der Waals surface area contributed by atoms with Gasteiger partial charge in [-0.3, -0.25) is 9.59 Å². The van der Waals surface area contributed by atoms with Crippen molar-refractivity contribution in [2.75, 3.05) is 0 Å². The molecule has 0 aromatic carbocycles. The number of hydrogen-bond donors (Lipinski definition) is 0. The minimum absolute atomic E-state index is 0.0766. The predicted octanol–water partition coefficient (Wildman–Crippen LogP) is 3.42. The van der Waals surface area contributed by atoms with Crippen molar-refractivity contribution in [3.8, 4) is 0 Å². The molecule has 3 nitrogen and oxygen atoms in total. The monoisotopic (exact) mass is 264 g/mol. The second-order valence-electron chi connectivity index (χ2n) is 7.09. The summed E-state index contributed by atoms with van der Waals surface area (Å²) >= 11 is 0. The minimum Gasteiger partial charge on any atom is -0.461 e. The largest absolute Gasteiger partial charge is 0.461 e. The van der Waals surface area contributed by atoms with Crippen LogP contribution < -0.4 is 0 Å². The van der Waals surface area contributed by atoms with Gasteiger partial charge in [-0.15, -0.1) is 0 Å². The summed E-state index contributed by atoms with van der Waals surface area (Å²) in [6.45, 7) is 7.77. The molecule has 3 heteroatoms. The molecule has 0 bridgehead atoms. The Morgan fingerprint density at radius 3 is 2.68 bits per heavy atom. The van der Waals surface area contributed by atoms with E-state index in [0.717, 1.165) is 25.7 Å². The molecule has 2 atom stereocenters. The number of allylic oxidation sites excluding steroid dienone is 1. The lowest BCUT2D eigenvalue weighted by Gasteiger charge is -2.45. The first kappa shape index (κ1) is 14.3. The number of ketones is 1. The number of fused-ring (bicyclic) bond motifs is 1. The van der Waals surface area contributed by atoms with Gasteiger partial charge in [-0.1, -0.05) is 12.5 Å². The van der Waals surface area contributed by atoms with Crippen LogP contribution in [0.15, 0.2) is 11.6 Å². The molecule has 0 aromatic heterocycles. The molecule has 19 heavy (non-hydrogen) atoms. The van der Waals surface area contributed by atoms with Gasteiger partial charge in [-0.2, -0.15) is 0 Å². The molecule has 0 aliphatic heterocycles. The van der Waals surface area contributed by atoms with E-state index in [-0.39, 0.29) is 23.3 Å². The van der Waals surface area contributed by atoms with Crippen LogP contribution in [-0.4, -0.2) is 17.9 Å². The summed E-state index contributed by atoms with van der Waals surface area (Å²) in [6.07, 6.45) is 5.96. The average Bonchev–Trinajstić information content (AvgIpc) is 2.30. The Labute approximate surface area is 115 Å². The summed E-state index contributed by atoms with van der Waals surface area (Å²) in [5.74, 6) is 0.0761. The second-order valence-corrected chi connectivity index (χ2v) is 7.09. The first-order valence-electron chi connectivity index (χ1n) is 7.18. The summed E-state index contributed by atoms with van der Waals surface area (Å²) < 4.78 is 5.77. The van der Waals surface area contributed by atoms with Crippen molar-refractivity contribution in [1.29, 1.82) is 0 Å². The van der Waals surface area contributed by atoms with Crippen molar-refractivity contribution in [3.63, 3.8) is 0 Å². The number of carbonyl (C=O) groups excluding carboxylic acids is 2. The van der Waals surface area contributed by atoms with Crippen molar-refractivity contribution in [1.82, 2.24) is 0 Å². The highest BCUT2D eigenvalue weighted by molar-refractivity contribution is 5.91. The van der Waals surface area contributed by atoms with Crippen LogP contribution in [0.5, 0.6) is 0 Å². The van der Waals surface area contributed by atoms with E-state index in [0.29, 0.717) is 6.42 Å². The number of hydrogen-bond acceptors (Lipinski definition) is 3. The SMILES string of the molecule is CC(C)(C)C(=O)O[C@H]1CCCC2=CC(=O)CC[C@@]21C. The maximum absolute atomic E-state index is 12.1. The van der Waals surface area contributed by atoms with E-state index in [1.807, 2.05) is 20.8 Å². The maximum atomic E-state index is 12.1. The van der Waals surface area contributed by atoms with Gasteiger partial charge in [-0.25, -0.2) is 0 Å². The molecule has 2 rings (SSSR count). The van der Waals surface area contributed by atoms with Crippen molar-refractivity contribution in [2.45, 2.75) is 65.9 Å². The molecule has 1 saturated carbocycles. The molecular weight excluding hydrogens is 240 g/mol. The van der Waals surface area contributed by atoms with Gasteiger partial charge in [0, 0.05) is 11.8 Å². The molecule has 0 spiro atoms. The van der Waals surface area contributed by atoms with Gasteiger partial charge in [0.25, 0.3) is 0 Å². The highest BCUT2D eigenvalue weighted by Crippen LogP contribution is 2.48. The van der Waals surface area contributed by atoms with Crippen LogP contribution in [0, 0.1) is 10.8 Å². The zero-order valence-corrected chi connectivity index (χ0v) is 12.4. The molecule has 0 radical (unpaired) electrons. The van der Waals surface area contributed by atoms with Crippen LogP contribution in [-0.2, 0) is 14.3 Å². The third-order valence-corrected chi connectivity index (χ3v) is 4.44. The fraction of sp³-hybridized carbons (Fsp3) is 0.750. The zero-order chi connectivity index (χ0) is 14.3. The summed E-state index contributed by atoms with van der Waals surface area (Å²) in [4.78, 5) is 23.7. The van der Waals surface area contributed by atoms with Gasteiger partial charge in [-0.05, 0) is 52.5 Å². The van der Waals surface area contributed by atoms with E-state index in [2.05, 4.69) is 6.92 Å². The van der Waals surface area contributed by atoms with E-state index < -0.39 is 5.41 Å². The molecule has 0 amide bonds. The van der Waals surface area contributed by atoms with Crippen molar-refractivity contribution < 1.29 is 14.3 Å². The third kappa shape index (κ3) is 2.75. The Bertz CT molecular complexity index is 428. The van der Waals surface area contributed by atoms with E-state index in [4.69, 9.17) is 4.74 Å². The molecule has 2 aliphatic rings. The zero-order valence-electron chi connectivity index (χ0n) is 12.4. The lowest BCUT2D eigenvalue weighted by atomic mass is 9.64. The van der Waals surface area contributed by atoms with Crippen LogP contribution in [0.4, 0.5) is 0 Å². The predicted molar refractivity (Wildman–Crippen MR) is 73.6 cm³/mol. The molecule has 0 saturated heterocycles. The van der Waals surface area contributed by atoms with Crippen molar-refractivity contribution >= 4 is 11.8 Å². The second kappa shape index (κ2) is 4.77. The minimum atomic E-state index is -0.470. The van der Waals surface area contributed by atoms with Crippen LogP contribution in [0.25, 0.3) is 0 Å². The molecule has 106 valence electrons. The topological polar surface area (TPSA) is 43.4 Å². The lowest BCUT2D eigenvalue weighted by Crippen LogP contribution is -2.44. The smallest absolute Gasteiger partial charge is 0.311 e. The van der Waals surface area contributed by atoms with E-state index in [9.17, 15) is 9.59 Å². The van der Waals surface area contributed by atoms with Crippen LogP contribution in [0.1, 0.15) is 59.8 Å². The standard InChI is InChI=1S/C16H24O3/c1-15(2,3)14(18)19-13-7-5-6-11-10-12(17)8-9-16(11,13)4/h10,13H,5-9H2,1-4H3/t13-,16-/m0/s1. The summed E-state index contributed by atoms with van der Waals surface area (Å²) in [5, 5.41) is 0. The Morgan fingerprint density at radius 1 is 1.37 bits per heavy atom. The molecule has 0 aromatic rings. The van der Waals surface area contributed by atoms with Gasteiger partial charge in [0.2, 0.25) is 0 Å². The van der Waals surface area contributed by atoms with Crippen LogP contribution in [0.3, 0.4) is 0 Å². The van der Waals surface area contributed by atoms with E-state index in [1.54, 1.807) is 6.08 Å². The number of rotatable bonds is 1. The van der Waals surface area contributed by atoms with E-state index in [1.165, 1.54) is 5.57 Å². The number of ether oxygens (including phenoxy) is 1. The summed E-state index contributed by atoms with van der Waals surface area (Å²) in [5.41, 5.74) is 0.580. The maximum Gasteiger partial charge on any atom is 0.311 e. The van der Waals surface area contributed by atoms with Gasteiger partial charge >= 0.3 is 5.97 Å².